The number of ether oxygens (including phenoxy) is 2. The van der Waals surface area contributed by atoms with E-state index in [1.807, 2.05) is 6.07 Å². The highest BCUT2D eigenvalue weighted by molar-refractivity contribution is 9.10. The summed E-state index contributed by atoms with van der Waals surface area (Å²) in [4.78, 5) is 0. The van der Waals surface area contributed by atoms with Crippen molar-refractivity contribution in [1.29, 1.82) is 0 Å². The lowest BCUT2D eigenvalue weighted by molar-refractivity contribution is -0.0120. The summed E-state index contributed by atoms with van der Waals surface area (Å²) < 4.78 is 11.8. The molecule has 0 aliphatic heterocycles. The smallest absolute Gasteiger partial charge is 0.133 e. The fourth-order valence-corrected chi connectivity index (χ4v) is 3.03. The van der Waals surface area contributed by atoms with E-state index in [2.05, 4.69) is 47.2 Å². The number of hydrogen-bond acceptors (Lipinski definition) is 3. The maximum Gasteiger partial charge on any atom is 0.133 e. The minimum atomic E-state index is 0.342. The molecule has 1 aliphatic rings. The van der Waals surface area contributed by atoms with Crippen molar-refractivity contribution in [3.63, 3.8) is 0 Å². The van der Waals surface area contributed by atoms with Gasteiger partial charge in [-0.05, 0) is 60.3 Å². The van der Waals surface area contributed by atoms with Gasteiger partial charge in [0.05, 0.1) is 17.7 Å². The van der Waals surface area contributed by atoms with Crippen molar-refractivity contribution in [3.05, 3.63) is 28.2 Å². The van der Waals surface area contributed by atoms with Crippen molar-refractivity contribution >= 4 is 15.9 Å². The van der Waals surface area contributed by atoms with Crippen molar-refractivity contribution < 1.29 is 9.47 Å². The topological polar surface area (TPSA) is 30.5 Å². The van der Waals surface area contributed by atoms with Crippen molar-refractivity contribution in [2.24, 2.45) is 0 Å². The molecular formula is C15H22BrNO2. The molecule has 1 aliphatic carbocycles. The van der Waals surface area contributed by atoms with Crippen LogP contribution in [0.4, 0.5) is 0 Å². The summed E-state index contributed by atoms with van der Waals surface area (Å²) in [5, 5.41) is 3.64. The van der Waals surface area contributed by atoms with Gasteiger partial charge < -0.3 is 14.8 Å². The number of hydrogen-bond donors (Lipinski definition) is 1. The number of halogens is 1. The van der Waals surface area contributed by atoms with Crippen LogP contribution in [0.15, 0.2) is 22.7 Å². The number of rotatable bonds is 6. The molecule has 0 amide bonds. The first-order valence-corrected chi connectivity index (χ1v) is 7.64. The van der Waals surface area contributed by atoms with Crippen LogP contribution in [0.3, 0.4) is 0 Å². The standard InChI is InChI=1S/C15H22BrNO2/c1-4-19-13-8-12(9-13)17-10(2)11-5-6-15(18-3)14(16)7-11/h5-7,10,12-13,17H,4,8-9H2,1-3H3. The molecule has 4 heteroatoms. The van der Waals surface area contributed by atoms with Gasteiger partial charge in [-0.3, -0.25) is 0 Å². The largest absolute Gasteiger partial charge is 0.496 e. The van der Waals surface area contributed by atoms with Crippen LogP contribution in [-0.4, -0.2) is 25.9 Å². The lowest BCUT2D eigenvalue weighted by atomic mass is 9.88. The van der Waals surface area contributed by atoms with E-state index in [4.69, 9.17) is 9.47 Å². The second kappa shape index (κ2) is 6.73. The first kappa shape index (κ1) is 14.8. The van der Waals surface area contributed by atoms with E-state index < -0.39 is 0 Å². The van der Waals surface area contributed by atoms with Crippen LogP contribution >= 0.6 is 15.9 Å². The van der Waals surface area contributed by atoms with Gasteiger partial charge in [-0.1, -0.05) is 6.07 Å². The Hall–Kier alpha value is -0.580. The summed E-state index contributed by atoms with van der Waals surface area (Å²) in [5.74, 6) is 0.871. The molecule has 1 atom stereocenters. The normalized spacial score (nSPS) is 23.8. The quantitative estimate of drug-likeness (QED) is 0.864. The highest BCUT2D eigenvalue weighted by atomic mass is 79.9. The Bertz CT molecular complexity index is 419. The number of benzene rings is 1. The molecule has 1 saturated carbocycles. The van der Waals surface area contributed by atoms with Crippen molar-refractivity contribution in [3.8, 4) is 5.75 Å². The summed E-state index contributed by atoms with van der Waals surface area (Å²) in [6.07, 6.45) is 2.70. The molecule has 0 bridgehead atoms. The van der Waals surface area contributed by atoms with Gasteiger partial charge in [-0.2, -0.15) is 0 Å². The Morgan fingerprint density at radius 1 is 1.42 bits per heavy atom. The summed E-state index contributed by atoms with van der Waals surface area (Å²) in [6.45, 7) is 5.07. The summed E-state index contributed by atoms with van der Waals surface area (Å²) >= 11 is 3.53. The minimum absolute atomic E-state index is 0.342. The summed E-state index contributed by atoms with van der Waals surface area (Å²) in [5.41, 5.74) is 1.27. The van der Waals surface area contributed by atoms with E-state index in [1.165, 1.54) is 5.56 Å². The van der Waals surface area contributed by atoms with Gasteiger partial charge in [0.15, 0.2) is 0 Å². The van der Waals surface area contributed by atoms with E-state index in [-0.39, 0.29) is 0 Å². The zero-order valence-corrected chi connectivity index (χ0v) is 13.4. The average Bonchev–Trinajstić information content (AvgIpc) is 2.36. The van der Waals surface area contributed by atoms with E-state index >= 15 is 0 Å². The molecule has 106 valence electrons. The molecule has 0 heterocycles. The molecule has 19 heavy (non-hydrogen) atoms. The van der Waals surface area contributed by atoms with Crippen LogP contribution in [0.2, 0.25) is 0 Å². The van der Waals surface area contributed by atoms with Crippen molar-refractivity contribution in [1.82, 2.24) is 5.32 Å². The van der Waals surface area contributed by atoms with Crippen LogP contribution in [0.5, 0.6) is 5.75 Å². The third kappa shape index (κ3) is 3.71. The van der Waals surface area contributed by atoms with Crippen molar-refractivity contribution in [2.75, 3.05) is 13.7 Å². The lowest BCUT2D eigenvalue weighted by Crippen LogP contribution is -2.46. The molecule has 0 aromatic heterocycles. The minimum Gasteiger partial charge on any atom is -0.496 e. The third-order valence-electron chi connectivity index (χ3n) is 3.66. The van der Waals surface area contributed by atoms with Gasteiger partial charge in [0.2, 0.25) is 0 Å². The first-order chi connectivity index (χ1) is 9.13. The second-order valence-electron chi connectivity index (χ2n) is 5.03. The molecule has 1 fully saturated rings. The molecular weight excluding hydrogens is 306 g/mol. The Kier molecular flexibility index (Phi) is 5.25. The molecule has 1 N–H and O–H groups in total. The predicted octanol–water partition coefficient (Wildman–Crippen LogP) is 3.68. The van der Waals surface area contributed by atoms with Gasteiger partial charge in [-0.25, -0.2) is 0 Å². The maximum atomic E-state index is 5.58. The number of nitrogens with one attached hydrogen (secondary N) is 1. The first-order valence-electron chi connectivity index (χ1n) is 6.85. The SMILES string of the molecule is CCOC1CC(NC(C)c2ccc(OC)c(Br)c2)C1. The van der Waals surface area contributed by atoms with E-state index in [1.54, 1.807) is 7.11 Å². The van der Waals surface area contributed by atoms with Crippen LogP contribution in [0, 0.1) is 0 Å². The molecule has 2 rings (SSSR count). The van der Waals surface area contributed by atoms with Crippen LogP contribution in [0.1, 0.15) is 38.3 Å². The fraction of sp³-hybridized carbons (Fsp3) is 0.600. The fourth-order valence-electron chi connectivity index (χ4n) is 2.48. The summed E-state index contributed by atoms with van der Waals surface area (Å²) in [7, 11) is 1.68. The molecule has 1 unspecified atom stereocenters. The molecule has 0 saturated heterocycles. The van der Waals surface area contributed by atoms with E-state index in [0.717, 1.165) is 29.7 Å². The van der Waals surface area contributed by atoms with Crippen LogP contribution in [0.25, 0.3) is 0 Å². The van der Waals surface area contributed by atoms with Crippen LogP contribution < -0.4 is 10.1 Å². The molecule has 0 radical (unpaired) electrons. The molecule has 3 nitrogen and oxygen atoms in total. The van der Waals surface area contributed by atoms with E-state index in [9.17, 15) is 0 Å². The second-order valence-corrected chi connectivity index (χ2v) is 5.88. The van der Waals surface area contributed by atoms with Crippen LogP contribution in [-0.2, 0) is 4.74 Å². The van der Waals surface area contributed by atoms with Gasteiger partial charge >= 0.3 is 0 Å². The van der Waals surface area contributed by atoms with E-state index in [0.29, 0.717) is 18.2 Å². The van der Waals surface area contributed by atoms with Gasteiger partial charge in [0.1, 0.15) is 5.75 Å². The highest BCUT2D eigenvalue weighted by Crippen LogP contribution is 2.30. The average molecular weight is 328 g/mol. The maximum absolute atomic E-state index is 5.58. The monoisotopic (exact) mass is 327 g/mol. The Morgan fingerprint density at radius 3 is 2.74 bits per heavy atom. The summed E-state index contributed by atoms with van der Waals surface area (Å²) in [6, 6.07) is 7.15. The molecule has 1 aromatic carbocycles. The number of methoxy groups -OCH3 is 1. The lowest BCUT2D eigenvalue weighted by Gasteiger charge is -2.37. The predicted molar refractivity (Wildman–Crippen MR) is 80.7 cm³/mol. The Morgan fingerprint density at radius 2 is 2.16 bits per heavy atom. The van der Waals surface area contributed by atoms with Gasteiger partial charge in [-0.15, -0.1) is 0 Å². The highest BCUT2D eigenvalue weighted by Gasteiger charge is 2.30. The zero-order valence-electron chi connectivity index (χ0n) is 11.8. The Labute approximate surface area is 123 Å². The molecule has 0 spiro atoms. The van der Waals surface area contributed by atoms with Gasteiger partial charge in [0, 0.05) is 18.7 Å². The third-order valence-corrected chi connectivity index (χ3v) is 4.28. The zero-order chi connectivity index (χ0) is 13.8. The molecule has 1 aromatic rings. The van der Waals surface area contributed by atoms with Gasteiger partial charge in [0.25, 0.3) is 0 Å². The van der Waals surface area contributed by atoms with Crippen molar-refractivity contribution in [2.45, 2.75) is 44.9 Å². The Balaban J connectivity index is 1.87.